The van der Waals surface area contributed by atoms with Gasteiger partial charge < -0.3 is 5.32 Å². The molecular weight excluding hydrogens is 227 g/mol. The van der Waals surface area contributed by atoms with Crippen LogP contribution in [0.25, 0.3) is 0 Å². The van der Waals surface area contributed by atoms with Crippen LogP contribution in [-0.2, 0) is 13.0 Å². The highest BCUT2D eigenvalue weighted by atomic mass is 19.1. The van der Waals surface area contributed by atoms with Crippen molar-refractivity contribution in [1.29, 1.82) is 0 Å². The smallest absolute Gasteiger partial charge is 0.123 e. The molecule has 0 unspecified atom stereocenters. The Hall–Kier alpha value is -1.74. The zero-order valence-corrected chi connectivity index (χ0v) is 10.5. The maximum Gasteiger partial charge on any atom is 0.123 e. The van der Waals surface area contributed by atoms with Gasteiger partial charge in [-0.2, -0.15) is 0 Å². The number of nitrogens with zero attached hydrogens (tertiary/aromatic N) is 1. The van der Waals surface area contributed by atoms with Crippen molar-refractivity contribution in [3.05, 3.63) is 65.2 Å². The van der Waals surface area contributed by atoms with E-state index in [1.165, 1.54) is 6.07 Å². The van der Waals surface area contributed by atoms with Crippen molar-refractivity contribution in [3.8, 4) is 0 Å². The Bertz CT molecular complexity index is 497. The summed E-state index contributed by atoms with van der Waals surface area (Å²) in [6, 6.07) is 10.8. The van der Waals surface area contributed by atoms with Gasteiger partial charge in [0.25, 0.3) is 0 Å². The van der Waals surface area contributed by atoms with Crippen LogP contribution in [0.5, 0.6) is 0 Å². The number of aromatic nitrogens is 1. The minimum atomic E-state index is -0.179. The van der Waals surface area contributed by atoms with Crippen molar-refractivity contribution < 1.29 is 4.39 Å². The van der Waals surface area contributed by atoms with Gasteiger partial charge in [0.15, 0.2) is 0 Å². The summed E-state index contributed by atoms with van der Waals surface area (Å²) in [6.45, 7) is 3.53. The first-order valence-electron chi connectivity index (χ1n) is 6.11. The predicted octanol–water partition coefficient (Wildman–Crippen LogP) is 2.86. The van der Waals surface area contributed by atoms with Gasteiger partial charge in [-0.1, -0.05) is 12.1 Å². The molecule has 0 amide bonds. The average molecular weight is 244 g/mol. The minimum Gasteiger partial charge on any atom is -0.312 e. The number of hydrogen-bond acceptors (Lipinski definition) is 2. The summed E-state index contributed by atoms with van der Waals surface area (Å²) in [6.07, 6.45) is 2.68. The molecule has 0 aliphatic rings. The maximum absolute atomic E-state index is 13.1. The number of aryl methyl sites for hydroxylation is 1. The zero-order chi connectivity index (χ0) is 12.8. The van der Waals surface area contributed by atoms with Crippen molar-refractivity contribution in [1.82, 2.24) is 10.3 Å². The van der Waals surface area contributed by atoms with E-state index in [2.05, 4.69) is 10.3 Å². The third kappa shape index (κ3) is 3.64. The second kappa shape index (κ2) is 6.26. The van der Waals surface area contributed by atoms with E-state index >= 15 is 0 Å². The summed E-state index contributed by atoms with van der Waals surface area (Å²) >= 11 is 0. The van der Waals surface area contributed by atoms with Gasteiger partial charge in [-0.05, 0) is 42.3 Å². The molecule has 0 saturated heterocycles. The van der Waals surface area contributed by atoms with E-state index in [4.69, 9.17) is 0 Å². The van der Waals surface area contributed by atoms with Gasteiger partial charge in [-0.25, -0.2) is 4.39 Å². The summed E-state index contributed by atoms with van der Waals surface area (Å²) in [7, 11) is 0. The zero-order valence-electron chi connectivity index (χ0n) is 10.5. The van der Waals surface area contributed by atoms with Crippen LogP contribution in [0.1, 0.15) is 16.8 Å². The van der Waals surface area contributed by atoms with Crippen LogP contribution < -0.4 is 5.32 Å². The van der Waals surface area contributed by atoms with E-state index in [1.807, 2.05) is 31.2 Å². The fourth-order valence-electron chi connectivity index (χ4n) is 1.82. The molecule has 0 saturated carbocycles. The van der Waals surface area contributed by atoms with E-state index in [1.54, 1.807) is 12.3 Å². The molecule has 0 radical (unpaired) electrons. The lowest BCUT2D eigenvalue weighted by molar-refractivity contribution is 0.618. The van der Waals surface area contributed by atoms with Crippen LogP contribution in [0.15, 0.2) is 42.6 Å². The topological polar surface area (TPSA) is 24.9 Å². The van der Waals surface area contributed by atoms with E-state index in [-0.39, 0.29) is 5.82 Å². The van der Waals surface area contributed by atoms with E-state index in [0.29, 0.717) is 6.54 Å². The first-order chi connectivity index (χ1) is 8.75. The quantitative estimate of drug-likeness (QED) is 0.818. The fourth-order valence-corrected chi connectivity index (χ4v) is 1.82. The molecule has 0 spiro atoms. The molecule has 1 aromatic carbocycles. The van der Waals surface area contributed by atoms with Crippen LogP contribution in [0.4, 0.5) is 4.39 Å². The van der Waals surface area contributed by atoms with Gasteiger partial charge in [0.2, 0.25) is 0 Å². The maximum atomic E-state index is 13.1. The van der Waals surface area contributed by atoms with Gasteiger partial charge in [-0.15, -0.1) is 0 Å². The molecule has 1 aromatic heterocycles. The van der Waals surface area contributed by atoms with Gasteiger partial charge in [0.05, 0.1) is 0 Å². The molecule has 0 aliphatic carbocycles. The Morgan fingerprint density at radius 3 is 2.89 bits per heavy atom. The van der Waals surface area contributed by atoms with Crippen molar-refractivity contribution in [2.24, 2.45) is 0 Å². The van der Waals surface area contributed by atoms with Crippen LogP contribution >= 0.6 is 0 Å². The monoisotopic (exact) mass is 244 g/mol. The van der Waals surface area contributed by atoms with Gasteiger partial charge >= 0.3 is 0 Å². The van der Waals surface area contributed by atoms with Gasteiger partial charge in [-0.3, -0.25) is 4.98 Å². The summed E-state index contributed by atoms with van der Waals surface area (Å²) in [5.41, 5.74) is 3.19. The molecule has 1 N–H and O–H groups in total. The fraction of sp³-hybridized carbons (Fsp3) is 0.267. The summed E-state index contributed by atoms with van der Waals surface area (Å²) < 4.78 is 13.1. The molecular formula is C15H17FN2. The van der Waals surface area contributed by atoms with E-state index in [9.17, 15) is 4.39 Å². The summed E-state index contributed by atoms with van der Waals surface area (Å²) in [5.74, 6) is -0.179. The van der Waals surface area contributed by atoms with Crippen molar-refractivity contribution in [2.45, 2.75) is 19.9 Å². The molecule has 2 rings (SSSR count). The minimum absolute atomic E-state index is 0.179. The number of hydrogen-bond donors (Lipinski definition) is 1. The van der Waals surface area contributed by atoms with E-state index in [0.717, 1.165) is 29.8 Å². The molecule has 0 aliphatic heterocycles. The van der Waals surface area contributed by atoms with Gasteiger partial charge in [0.1, 0.15) is 5.82 Å². The molecule has 0 atom stereocenters. The Balaban J connectivity index is 1.80. The first kappa shape index (κ1) is 12.7. The highest BCUT2D eigenvalue weighted by Crippen LogP contribution is 2.09. The lowest BCUT2D eigenvalue weighted by Crippen LogP contribution is -2.17. The second-order valence-corrected chi connectivity index (χ2v) is 4.32. The molecule has 2 nitrogen and oxygen atoms in total. The summed E-state index contributed by atoms with van der Waals surface area (Å²) in [4.78, 5) is 4.25. The Kier molecular flexibility index (Phi) is 4.42. The molecule has 2 aromatic rings. The van der Waals surface area contributed by atoms with Crippen molar-refractivity contribution in [3.63, 3.8) is 0 Å². The molecule has 0 bridgehead atoms. The molecule has 3 heteroatoms. The largest absolute Gasteiger partial charge is 0.312 e. The summed E-state index contributed by atoms with van der Waals surface area (Å²) in [5, 5.41) is 3.31. The number of halogens is 1. The molecule has 94 valence electrons. The highest BCUT2D eigenvalue weighted by Gasteiger charge is 2.00. The molecule has 1 heterocycles. The van der Waals surface area contributed by atoms with Crippen LogP contribution in [0.2, 0.25) is 0 Å². The lowest BCUT2D eigenvalue weighted by Gasteiger charge is -2.07. The molecule has 0 fully saturated rings. The second-order valence-electron chi connectivity index (χ2n) is 4.32. The van der Waals surface area contributed by atoms with Crippen molar-refractivity contribution >= 4 is 0 Å². The third-order valence-corrected chi connectivity index (χ3v) is 2.91. The number of rotatable bonds is 5. The number of nitrogens with one attached hydrogen (secondary N) is 1. The molecule has 18 heavy (non-hydrogen) atoms. The SMILES string of the molecule is Cc1ccc(F)cc1CNCCc1ccccn1. The average Bonchev–Trinajstić information content (AvgIpc) is 2.40. The highest BCUT2D eigenvalue weighted by molar-refractivity contribution is 5.26. The third-order valence-electron chi connectivity index (χ3n) is 2.91. The van der Waals surface area contributed by atoms with Crippen LogP contribution in [-0.4, -0.2) is 11.5 Å². The normalized spacial score (nSPS) is 10.6. The Morgan fingerprint density at radius 2 is 2.11 bits per heavy atom. The van der Waals surface area contributed by atoms with Gasteiger partial charge in [0, 0.05) is 31.4 Å². The van der Waals surface area contributed by atoms with Crippen molar-refractivity contribution in [2.75, 3.05) is 6.54 Å². The lowest BCUT2D eigenvalue weighted by atomic mass is 10.1. The predicted molar refractivity (Wildman–Crippen MR) is 70.8 cm³/mol. The van der Waals surface area contributed by atoms with Crippen LogP contribution in [0, 0.1) is 12.7 Å². The van der Waals surface area contributed by atoms with Crippen LogP contribution in [0.3, 0.4) is 0 Å². The standard InChI is InChI=1S/C15H17FN2/c1-12-5-6-14(16)10-13(12)11-17-9-7-15-4-2-3-8-18-15/h2-6,8,10,17H,7,9,11H2,1H3. The Morgan fingerprint density at radius 1 is 1.22 bits per heavy atom. The Labute approximate surface area is 107 Å². The number of benzene rings is 1. The number of pyridine rings is 1. The van der Waals surface area contributed by atoms with E-state index < -0.39 is 0 Å². The first-order valence-corrected chi connectivity index (χ1v) is 6.11.